The lowest BCUT2D eigenvalue weighted by molar-refractivity contribution is 0.0934. The number of benzene rings is 2. The Bertz CT molecular complexity index is 1410. The summed E-state index contributed by atoms with van der Waals surface area (Å²) in [6.45, 7) is 1.97. The van der Waals surface area contributed by atoms with Gasteiger partial charge in [-0.2, -0.15) is 0 Å². The first-order chi connectivity index (χ1) is 17.8. The van der Waals surface area contributed by atoms with Gasteiger partial charge in [0.25, 0.3) is 5.91 Å². The Kier molecular flexibility index (Phi) is 8.49. The molecule has 0 aliphatic heterocycles. The number of rotatable bonds is 7. The van der Waals surface area contributed by atoms with Crippen LogP contribution in [0.1, 0.15) is 45.1 Å². The van der Waals surface area contributed by atoms with Gasteiger partial charge in [0, 0.05) is 16.5 Å². The van der Waals surface area contributed by atoms with Gasteiger partial charge in [-0.1, -0.05) is 33.6 Å². The summed E-state index contributed by atoms with van der Waals surface area (Å²) in [7, 11) is 4.76. The van der Waals surface area contributed by atoms with Crippen molar-refractivity contribution in [3.63, 3.8) is 0 Å². The number of methoxy groups -OCH3 is 3. The SMILES string of the molecule is COc1cc2c(c(OC)c1OC)-c1ccc(SC)c(=O)cc1[C@@H](NC(=O)c1cc(C)cc(CBr)c1)CC2. The van der Waals surface area contributed by atoms with Gasteiger partial charge in [-0.3, -0.25) is 9.59 Å². The zero-order chi connectivity index (χ0) is 26.7. The molecule has 4 rings (SSSR count). The van der Waals surface area contributed by atoms with Gasteiger partial charge >= 0.3 is 0 Å². The lowest BCUT2D eigenvalue weighted by atomic mass is 9.95. The molecule has 0 unspecified atom stereocenters. The van der Waals surface area contributed by atoms with E-state index in [-0.39, 0.29) is 17.4 Å². The molecule has 37 heavy (non-hydrogen) atoms. The largest absolute Gasteiger partial charge is 0.493 e. The van der Waals surface area contributed by atoms with Gasteiger partial charge in [0.15, 0.2) is 16.9 Å². The van der Waals surface area contributed by atoms with Crippen molar-refractivity contribution >= 4 is 33.6 Å². The quantitative estimate of drug-likeness (QED) is 0.268. The fourth-order valence-electron chi connectivity index (χ4n) is 4.93. The number of halogens is 1. The molecule has 3 aromatic rings. The number of hydrogen-bond acceptors (Lipinski definition) is 6. The van der Waals surface area contributed by atoms with Crippen molar-refractivity contribution in [2.75, 3.05) is 27.6 Å². The van der Waals surface area contributed by atoms with Crippen molar-refractivity contribution < 1.29 is 19.0 Å². The lowest BCUT2D eigenvalue weighted by Crippen LogP contribution is -2.29. The van der Waals surface area contributed by atoms with Gasteiger partial charge in [-0.25, -0.2) is 0 Å². The number of fused-ring (bicyclic) bond motifs is 3. The minimum atomic E-state index is -0.390. The van der Waals surface area contributed by atoms with Crippen LogP contribution in [-0.4, -0.2) is 33.5 Å². The summed E-state index contributed by atoms with van der Waals surface area (Å²) >= 11 is 4.88. The smallest absolute Gasteiger partial charge is 0.251 e. The molecule has 1 amide bonds. The summed E-state index contributed by atoms with van der Waals surface area (Å²) < 4.78 is 17.1. The van der Waals surface area contributed by atoms with Crippen LogP contribution in [0.3, 0.4) is 0 Å². The van der Waals surface area contributed by atoms with Crippen molar-refractivity contribution in [3.8, 4) is 28.4 Å². The van der Waals surface area contributed by atoms with E-state index in [1.807, 2.05) is 49.6 Å². The average Bonchev–Trinajstić information content (AvgIpc) is 3.15. The molecule has 0 radical (unpaired) electrons. The Morgan fingerprint density at radius 3 is 2.46 bits per heavy atom. The van der Waals surface area contributed by atoms with Crippen LogP contribution in [0.25, 0.3) is 11.1 Å². The van der Waals surface area contributed by atoms with E-state index in [9.17, 15) is 9.59 Å². The highest BCUT2D eigenvalue weighted by molar-refractivity contribution is 9.08. The van der Waals surface area contributed by atoms with Crippen molar-refractivity contribution in [1.29, 1.82) is 0 Å². The Labute approximate surface area is 229 Å². The Morgan fingerprint density at radius 1 is 1.05 bits per heavy atom. The van der Waals surface area contributed by atoms with Crippen LogP contribution in [0.15, 0.2) is 52.2 Å². The minimum absolute atomic E-state index is 0.0898. The van der Waals surface area contributed by atoms with Crippen LogP contribution in [0.2, 0.25) is 0 Å². The average molecular weight is 585 g/mol. The molecule has 1 aliphatic carbocycles. The standard InChI is InChI=1S/C29H30BrNO5S/c1-16-10-17(15-30)12-19(11-16)29(33)31-22-8-6-18-13-24(34-2)27(35-3)28(36-4)26(18)20-7-9-25(37-5)23(32)14-21(20)22/h7,9-14,22H,6,8,15H2,1-5H3,(H,31,33)/t22-/m0/s1. The number of aryl methyl sites for hydroxylation is 2. The number of alkyl halides is 1. The van der Waals surface area contributed by atoms with Crippen LogP contribution >= 0.6 is 27.7 Å². The van der Waals surface area contributed by atoms with Gasteiger partial charge < -0.3 is 19.5 Å². The zero-order valence-corrected chi connectivity index (χ0v) is 24.0. The molecule has 8 heteroatoms. The molecule has 0 aromatic heterocycles. The molecule has 0 saturated heterocycles. The zero-order valence-electron chi connectivity index (χ0n) is 21.6. The molecule has 0 heterocycles. The first-order valence-electron chi connectivity index (χ1n) is 11.9. The third kappa shape index (κ3) is 5.36. The normalized spacial score (nSPS) is 14.2. The molecule has 1 atom stereocenters. The molecule has 1 aliphatic rings. The molecule has 194 valence electrons. The molecule has 1 N–H and O–H groups in total. The van der Waals surface area contributed by atoms with E-state index in [1.54, 1.807) is 27.4 Å². The predicted molar refractivity (Wildman–Crippen MR) is 152 cm³/mol. The van der Waals surface area contributed by atoms with Crippen molar-refractivity contribution in [3.05, 3.63) is 80.5 Å². The van der Waals surface area contributed by atoms with Gasteiger partial charge in [0.2, 0.25) is 5.75 Å². The summed E-state index contributed by atoms with van der Waals surface area (Å²) in [5.74, 6) is 1.41. The molecular weight excluding hydrogens is 554 g/mol. The number of thioether (sulfide) groups is 1. The number of nitrogens with one attached hydrogen (secondary N) is 1. The van der Waals surface area contributed by atoms with Crippen LogP contribution in [0.5, 0.6) is 17.2 Å². The maximum atomic E-state index is 13.5. The van der Waals surface area contributed by atoms with Gasteiger partial charge in [-0.05, 0) is 78.6 Å². The number of ether oxygens (including phenoxy) is 3. The van der Waals surface area contributed by atoms with Crippen LogP contribution in [0.4, 0.5) is 0 Å². The molecular formula is C29H30BrNO5S. The second-order valence-corrected chi connectivity index (χ2v) is 10.3. The molecule has 3 aromatic carbocycles. The Balaban J connectivity index is 1.91. The highest BCUT2D eigenvalue weighted by Gasteiger charge is 2.30. The number of carbonyl (C=O) groups is 1. The van der Waals surface area contributed by atoms with Crippen molar-refractivity contribution in [2.24, 2.45) is 0 Å². The summed E-state index contributed by atoms with van der Waals surface area (Å²) in [6.07, 6.45) is 3.11. The summed E-state index contributed by atoms with van der Waals surface area (Å²) in [4.78, 5) is 27.2. The Hall–Kier alpha value is -2.97. The highest BCUT2D eigenvalue weighted by atomic mass is 79.9. The Morgan fingerprint density at radius 2 is 1.81 bits per heavy atom. The van der Waals surface area contributed by atoms with E-state index in [0.717, 1.165) is 33.4 Å². The maximum Gasteiger partial charge on any atom is 0.251 e. The third-order valence-corrected chi connectivity index (χ3v) is 8.00. The first-order valence-corrected chi connectivity index (χ1v) is 14.2. The fraction of sp³-hybridized carbons (Fsp3) is 0.310. The second-order valence-electron chi connectivity index (χ2n) is 8.86. The van der Waals surface area contributed by atoms with Gasteiger partial charge in [0.1, 0.15) is 0 Å². The summed E-state index contributed by atoms with van der Waals surface area (Å²) in [6, 6.07) is 12.8. The van der Waals surface area contributed by atoms with E-state index in [0.29, 0.717) is 45.9 Å². The molecule has 0 fully saturated rings. The predicted octanol–water partition coefficient (Wildman–Crippen LogP) is 6.08. The second kappa shape index (κ2) is 11.6. The van der Waals surface area contributed by atoms with E-state index in [2.05, 4.69) is 21.2 Å². The van der Waals surface area contributed by atoms with E-state index < -0.39 is 0 Å². The molecule has 0 bridgehead atoms. The summed E-state index contributed by atoms with van der Waals surface area (Å²) in [5, 5.41) is 3.87. The monoisotopic (exact) mass is 583 g/mol. The topological polar surface area (TPSA) is 73.9 Å². The van der Waals surface area contributed by atoms with Crippen LogP contribution in [0, 0.1) is 6.92 Å². The lowest BCUT2D eigenvalue weighted by Gasteiger charge is -2.20. The van der Waals surface area contributed by atoms with Gasteiger partial charge in [0.05, 0.1) is 32.3 Å². The van der Waals surface area contributed by atoms with E-state index in [4.69, 9.17) is 14.2 Å². The first kappa shape index (κ1) is 27.1. The van der Waals surface area contributed by atoms with Crippen LogP contribution in [-0.2, 0) is 11.8 Å². The molecule has 0 spiro atoms. The van der Waals surface area contributed by atoms with E-state index in [1.165, 1.54) is 11.8 Å². The van der Waals surface area contributed by atoms with Crippen molar-refractivity contribution in [2.45, 2.75) is 36.0 Å². The number of carbonyl (C=O) groups excluding carboxylic acids is 1. The molecule has 6 nitrogen and oxygen atoms in total. The van der Waals surface area contributed by atoms with Crippen molar-refractivity contribution in [1.82, 2.24) is 5.32 Å². The fourth-order valence-corrected chi connectivity index (χ4v) is 5.72. The third-order valence-electron chi connectivity index (χ3n) is 6.58. The van der Waals surface area contributed by atoms with E-state index >= 15 is 0 Å². The minimum Gasteiger partial charge on any atom is -0.493 e. The van der Waals surface area contributed by atoms with Gasteiger partial charge in [-0.15, -0.1) is 11.8 Å². The molecule has 0 saturated carbocycles. The number of amides is 1. The number of hydrogen-bond donors (Lipinski definition) is 1. The summed E-state index contributed by atoms with van der Waals surface area (Å²) in [5.41, 5.74) is 5.94. The maximum absolute atomic E-state index is 13.5. The highest BCUT2D eigenvalue weighted by Crippen LogP contribution is 2.50. The van der Waals surface area contributed by atoms with Crippen LogP contribution < -0.4 is 25.0 Å².